The summed E-state index contributed by atoms with van der Waals surface area (Å²) in [6, 6.07) is 5.34. The molecule has 10 nitrogen and oxygen atoms in total. The molecule has 0 amide bonds. The third-order valence-electron chi connectivity index (χ3n) is 4.29. The summed E-state index contributed by atoms with van der Waals surface area (Å²) in [6.07, 6.45) is 1.67. The molecule has 174 valence electrons. The van der Waals surface area contributed by atoms with Crippen LogP contribution in [0.4, 0.5) is 0 Å². The van der Waals surface area contributed by atoms with Crippen LogP contribution in [0, 0.1) is 0 Å². The van der Waals surface area contributed by atoms with Crippen molar-refractivity contribution < 1.29 is 46.0 Å². The van der Waals surface area contributed by atoms with E-state index in [9.17, 15) is 19.2 Å². The lowest BCUT2D eigenvalue weighted by Crippen LogP contribution is -2.59. The number of fused-ring (bicyclic) bond motifs is 1. The number of hydrogen-bond acceptors (Lipinski definition) is 10. The van der Waals surface area contributed by atoms with Gasteiger partial charge >= 0.3 is 23.3 Å². The highest BCUT2D eigenvalue weighted by Crippen LogP contribution is 2.32. The van der Waals surface area contributed by atoms with E-state index in [0.29, 0.717) is 23.8 Å². The molecule has 1 aromatic rings. The van der Waals surface area contributed by atoms with E-state index in [2.05, 4.69) is 6.58 Å². The second-order valence-electron chi connectivity index (χ2n) is 7.16. The number of carbonyl (C=O) groups excluding carboxylic acids is 4. The van der Waals surface area contributed by atoms with Gasteiger partial charge in [0.15, 0.2) is 0 Å². The van der Waals surface area contributed by atoms with E-state index in [4.69, 9.17) is 26.9 Å². The maximum absolute atomic E-state index is 11.7. The maximum atomic E-state index is 11.7. The highest BCUT2D eigenvalue weighted by molar-refractivity contribution is 6.79. The molecule has 1 aliphatic heterocycles. The van der Waals surface area contributed by atoms with E-state index in [1.54, 1.807) is 12.1 Å². The van der Waals surface area contributed by atoms with E-state index in [1.807, 2.05) is 6.55 Å². The van der Waals surface area contributed by atoms with E-state index in [1.165, 1.54) is 6.07 Å². The Labute approximate surface area is 188 Å². The first-order valence-corrected chi connectivity index (χ1v) is 14.1. The van der Waals surface area contributed by atoms with Gasteiger partial charge in [0.1, 0.15) is 5.75 Å². The highest BCUT2D eigenvalue weighted by Gasteiger charge is 2.55. The summed E-state index contributed by atoms with van der Waals surface area (Å²) >= 11 is 0. The molecule has 0 radical (unpaired) electrons. The summed E-state index contributed by atoms with van der Waals surface area (Å²) in [7, 11) is -6.77. The molecule has 0 aliphatic carbocycles. The van der Waals surface area contributed by atoms with Gasteiger partial charge in [-0.05, 0) is 31.2 Å². The minimum atomic E-state index is -4.20. The number of carbonyl (C=O) groups is 4. The lowest BCUT2D eigenvalue weighted by molar-refractivity contribution is -0.147. The fraction of sp³-hybridized carbons (Fsp3) is 0.400. The average Bonchev–Trinajstić information content (AvgIpc) is 2.69. The normalized spacial score (nSPS) is 17.2. The highest BCUT2D eigenvalue weighted by atomic mass is 28.4. The zero-order valence-corrected chi connectivity index (χ0v) is 20.4. The van der Waals surface area contributed by atoms with Gasteiger partial charge in [-0.2, -0.15) is 0 Å². The summed E-state index contributed by atoms with van der Waals surface area (Å²) in [5, 5.41) is 0.241. The van der Waals surface area contributed by atoms with Crippen molar-refractivity contribution in [3.05, 3.63) is 36.4 Å². The summed E-state index contributed by atoms with van der Waals surface area (Å²) < 4.78 is 32.9. The molecule has 1 aliphatic rings. The number of esters is 1. The molecule has 1 unspecified atom stereocenters. The molecule has 1 atom stereocenters. The van der Waals surface area contributed by atoms with Crippen molar-refractivity contribution in [2.75, 3.05) is 6.61 Å². The van der Waals surface area contributed by atoms with Gasteiger partial charge in [-0.15, -0.1) is 0 Å². The number of rotatable bonds is 9. The Hall–Kier alpha value is -2.97. The zero-order chi connectivity index (χ0) is 23.9. The summed E-state index contributed by atoms with van der Waals surface area (Å²) in [4.78, 5) is 46.3. The lowest BCUT2D eigenvalue weighted by Gasteiger charge is -2.34. The van der Waals surface area contributed by atoms with Gasteiger partial charge in [0.05, 0.1) is 18.4 Å². The Balaban J connectivity index is 2.24. The second-order valence-corrected chi connectivity index (χ2v) is 12.7. The SMILES string of the molecule is C=CC(=O)OCCC[Si]1(C)OCc2cc([Si](OC(C)=O)(OC(C)=O)OC(C)=O)ccc2O1. The number of benzene rings is 1. The molecule has 12 heteroatoms. The van der Waals surface area contributed by atoms with Gasteiger partial charge in [0, 0.05) is 38.5 Å². The van der Waals surface area contributed by atoms with Gasteiger partial charge in [-0.1, -0.05) is 6.58 Å². The molecule has 0 spiro atoms. The van der Waals surface area contributed by atoms with Crippen LogP contribution in [0.5, 0.6) is 5.75 Å². The van der Waals surface area contributed by atoms with Crippen LogP contribution >= 0.6 is 0 Å². The van der Waals surface area contributed by atoms with E-state index in [-0.39, 0.29) is 18.4 Å². The zero-order valence-electron chi connectivity index (χ0n) is 18.4. The first-order chi connectivity index (χ1) is 15.0. The Morgan fingerprint density at radius 1 is 1.09 bits per heavy atom. The maximum Gasteiger partial charge on any atom is 0.742 e. The third-order valence-corrected chi connectivity index (χ3v) is 9.65. The monoisotopic (exact) mass is 482 g/mol. The number of ether oxygens (including phenoxy) is 1. The molecule has 2 rings (SSSR count). The van der Waals surface area contributed by atoms with Gasteiger partial charge in [0.25, 0.3) is 17.9 Å². The van der Waals surface area contributed by atoms with Crippen molar-refractivity contribution >= 4 is 46.4 Å². The van der Waals surface area contributed by atoms with Crippen LogP contribution in [-0.4, -0.2) is 47.8 Å². The largest absolute Gasteiger partial charge is 0.742 e. The van der Waals surface area contributed by atoms with Gasteiger partial charge in [-0.25, -0.2) is 4.79 Å². The first kappa shape index (κ1) is 25.3. The predicted molar refractivity (Wildman–Crippen MR) is 115 cm³/mol. The smallest absolute Gasteiger partial charge is 0.520 e. The Morgan fingerprint density at radius 2 is 1.69 bits per heavy atom. The molecule has 0 saturated heterocycles. The Morgan fingerprint density at radius 3 is 2.22 bits per heavy atom. The molecule has 0 bridgehead atoms. The first-order valence-electron chi connectivity index (χ1n) is 9.83. The molecule has 0 N–H and O–H groups in total. The molecule has 1 heterocycles. The van der Waals surface area contributed by atoms with Crippen LogP contribution < -0.4 is 9.61 Å². The molecule has 0 aromatic heterocycles. The van der Waals surface area contributed by atoms with Gasteiger partial charge in [0.2, 0.25) is 0 Å². The topological polar surface area (TPSA) is 124 Å². The van der Waals surface area contributed by atoms with Crippen LogP contribution in [0.15, 0.2) is 30.9 Å². The fourth-order valence-corrected chi connectivity index (χ4v) is 7.50. The summed E-state index contributed by atoms with van der Waals surface area (Å²) in [5.74, 6) is -2.21. The Kier molecular flexibility index (Phi) is 8.35. The molecule has 0 fully saturated rings. The van der Waals surface area contributed by atoms with Crippen LogP contribution in [0.1, 0.15) is 32.8 Å². The summed E-state index contributed by atoms with van der Waals surface area (Å²) in [6.45, 7) is 9.05. The van der Waals surface area contributed by atoms with Crippen molar-refractivity contribution in [2.45, 2.75) is 46.4 Å². The molecular formula is C20H26O10Si2. The molecule has 32 heavy (non-hydrogen) atoms. The molecule has 1 aromatic carbocycles. The van der Waals surface area contributed by atoms with Crippen molar-refractivity contribution in [2.24, 2.45) is 0 Å². The quantitative estimate of drug-likeness (QED) is 0.222. The molecule has 0 saturated carbocycles. The summed E-state index contributed by atoms with van der Waals surface area (Å²) in [5.41, 5.74) is 0.619. The van der Waals surface area contributed by atoms with Crippen LogP contribution in [0.2, 0.25) is 12.6 Å². The van der Waals surface area contributed by atoms with Crippen molar-refractivity contribution in [1.29, 1.82) is 0 Å². The van der Waals surface area contributed by atoms with E-state index in [0.717, 1.165) is 26.8 Å². The van der Waals surface area contributed by atoms with Crippen molar-refractivity contribution in [1.82, 2.24) is 0 Å². The van der Waals surface area contributed by atoms with Crippen molar-refractivity contribution in [3.8, 4) is 5.75 Å². The minimum absolute atomic E-state index is 0.197. The average molecular weight is 483 g/mol. The standard InChI is InChI=1S/C20H26O10Si2/c1-6-20(24)25-10-7-11-31(5)26-13-17-12-18(8-9-19(17)30-31)32(27-14(2)21,28-15(3)22)29-16(4)23/h6,8-9,12H,1,7,10-11,13H2,2-5H3. The van der Waals surface area contributed by atoms with Crippen LogP contribution in [0.25, 0.3) is 0 Å². The lowest BCUT2D eigenvalue weighted by atomic mass is 10.2. The minimum Gasteiger partial charge on any atom is -0.520 e. The van der Waals surface area contributed by atoms with Crippen LogP contribution in [0.3, 0.4) is 0 Å². The third kappa shape index (κ3) is 6.77. The molecular weight excluding hydrogens is 456 g/mol. The Bertz CT molecular complexity index is 875. The van der Waals surface area contributed by atoms with Crippen molar-refractivity contribution in [3.63, 3.8) is 0 Å². The van der Waals surface area contributed by atoms with Gasteiger partial charge in [-0.3, -0.25) is 14.4 Å². The van der Waals surface area contributed by atoms with E-state index >= 15 is 0 Å². The van der Waals surface area contributed by atoms with Gasteiger partial charge < -0.3 is 26.9 Å². The fourth-order valence-electron chi connectivity index (χ4n) is 3.03. The second kappa shape index (κ2) is 10.6. The predicted octanol–water partition coefficient (Wildman–Crippen LogP) is 1.62. The number of hydrogen-bond donors (Lipinski definition) is 0. The van der Waals surface area contributed by atoms with E-state index < -0.39 is 41.2 Å². The van der Waals surface area contributed by atoms with Crippen LogP contribution in [-0.2, 0) is 48.2 Å².